The Morgan fingerprint density at radius 3 is 2.04 bits per heavy atom. The molecule has 0 bridgehead atoms. The fourth-order valence-corrected chi connectivity index (χ4v) is 2.80. The van der Waals surface area contributed by atoms with E-state index in [0.717, 1.165) is 0 Å². The summed E-state index contributed by atoms with van der Waals surface area (Å²) >= 11 is 0. The Labute approximate surface area is 148 Å². The molecule has 8 N–H and O–H groups in total. The average molecular weight is 383 g/mol. The van der Waals surface area contributed by atoms with E-state index in [1.807, 2.05) is 0 Å². The molecule has 152 valence electrons. The Kier molecular flexibility index (Phi) is 7.27. The summed E-state index contributed by atoms with van der Waals surface area (Å²) in [6.07, 6.45) is -14.7. The van der Waals surface area contributed by atoms with Crippen LogP contribution in [0.5, 0.6) is 0 Å². The van der Waals surface area contributed by atoms with E-state index in [9.17, 15) is 35.4 Å². The van der Waals surface area contributed by atoms with Crippen LogP contribution in [0.3, 0.4) is 0 Å². The van der Waals surface area contributed by atoms with Gasteiger partial charge in [0.15, 0.2) is 12.5 Å². The van der Waals surface area contributed by atoms with Crippen molar-refractivity contribution in [3.05, 3.63) is 0 Å². The maximum atomic E-state index is 11.1. The van der Waals surface area contributed by atoms with Crippen molar-refractivity contribution in [2.24, 2.45) is 0 Å². The molecule has 10 atom stereocenters. The van der Waals surface area contributed by atoms with Gasteiger partial charge < -0.3 is 55.3 Å². The normalized spacial score (nSPS) is 46.8. The highest BCUT2D eigenvalue weighted by Crippen LogP contribution is 2.24. The van der Waals surface area contributed by atoms with Gasteiger partial charge in [-0.3, -0.25) is 4.79 Å². The van der Waals surface area contributed by atoms with Crippen LogP contribution >= 0.6 is 0 Å². The highest BCUT2D eigenvalue weighted by atomic mass is 16.7. The van der Waals surface area contributed by atoms with Crippen LogP contribution in [0.25, 0.3) is 0 Å². The largest absolute Gasteiger partial charge is 0.394 e. The second-order valence-electron chi connectivity index (χ2n) is 6.30. The molecule has 2 rings (SSSR count). The fraction of sp³-hybridized carbons (Fsp3) is 0.929. The van der Waals surface area contributed by atoms with E-state index in [2.05, 4.69) is 5.32 Å². The van der Waals surface area contributed by atoms with Gasteiger partial charge in [0.1, 0.15) is 48.8 Å². The number of aliphatic hydroxyl groups is 7. The summed E-state index contributed by atoms with van der Waals surface area (Å²) in [7, 11) is 0. The van der Waals surface area contributed by atoms with E-state index in [4.69, 9.17) is 19.3 Å². The van der Waals surface area contributed by atoms with Crippen molar-refractivity contribution in [3.8, 4) is 0 Å². The zero-order valence-corrected chi connectivity index (χ0v) is 14.0. The molecule has 0 aromatic rings. The van der Waals surface area contributed by atoms with Crippen LogP contribution in [-0.2, 0) is 19.0 Å². The van der Waals surface area contributed by atoms with Gasteiger partial charge in [0, 0.05) is 6.92 Å². The maximum Gasteiger partial charge on any atom is 0.218 e. The Hall–Kier alpha value is -0.930. The molecule has 0 saturated carbocycles. The zero-order chi connectivity index (χ0) is 19.6. The van der Waals surface area contributed by atoms with Crippen molar-refractivity contribution in [1.82, 2.24) is 5.32 Å². The number of carbonyl (C=O) groups excluding carboxylic acids is 1. The van der Waals surface area contributed by atoms with E-state index >= 15 is 0 Å². The van der Waals surface area contributed by atoms with E-state index in [-0.39, 0.29) is 0 Å². The van der Waals surface area contributed by atoms with Crippen molar-refractivity contribution in [3.63, 3.8) is 0 Å². The predicted octanol–water partition coefficient (Wildman–Crippen LogP) is -5.25. The van der Waals surface area contributed by atoms with Crippen molar-refractivity contribution >= 4 is 5.91 Å². The van der Waals surface area contributed by atoms with Crippen LogP contribution in [0.15, 0.2) is 0 Å². The molecule has 2 aliphatic rings. The number of hydrogen-bond acceptors (Lipinski definition) is 11. The number of rotatable bonds is 5. The fourth-order valence-electron chi connectivity index (χ4n) is 2.80. The predicted molar refractivity (Wildman–Crippen MR) is 80.2 cm³/mol. The summed E-state index contributed by atoms with van der Waals surface area (Å²) in [4.78, 5) is 11.1. The van der Waals surface area contributed by atoms with Crippen molar-refractivity contribution < 1.29 is 54.8 Å². The first kappa shape index (κ1) is 21.4. The SMILES string of the molecule is CC(=O)N[C@@H]1O[C@H](CO[C@@H]2O[C@H](CO)[C@H](O)[C@H](O)[C@H]2O)[C@@H](O)[C@H](O)[C@H]1O. The molecular formula is C14H25NO11. The molecule has 0 radical (unpaired) electrons. The summed E-state index contributed by atoms with van der Waals surface area (Å²) in [5.41, 5.74) is 0. The van der Waals surface area contributed by atoms with Crippen molar-refractivity contribution in [2.75, 3.05) is 13.2 Å². The molecule has 12 heteroatoms. The van der Waals surface area contributed by atoms with Crippen LogP contribution in [0.1, 0.15) is 6.92 Å². The molecule has 2 fully saturated rings. The number of carbonyl (C=O) groups is 1. The first-order valence-corrected chi connectivity index (χ1v) is 8.06. The molecule has 0 unspecified atom stereocenters. The molecular weight excluding hydrogens is 358 g/mol. The lowest BCUT2D eigenvalue weighted by molar-refractivity contribution is -0.314. The highest BCUT2D eigenvalue weighted by molar-refractivity contribution is 5.73. The van der Waals surface area contributed by atoms with Gasteiger partial charge in [-0.2, -0.15) is 0 Å². The first-order valence-electron chi connectivity index (χ1n) is 8.06. The summed E-state index contributed by atoms with van der Waals surface area (Å²) in [5.74, 6) is -0.536. The minimum atomic E-state index is -1.64. The molecule has 0 aromatic heterocycles. The van der Waals surface area contributed by atoms with Gasteiger partial charge in [-0.25, -0.2) is 0 Å². The third-order valence-corrected chi connectivity index (χ3v) is 4.33. The molecule has 12 nitrogen and oxygen atoms in total. The van der Waals surface area contributed by atoms with Gasteiger partial charge in [-0.1, -0.05) is 0 Å². The van der Waals surface area contributed by atoms with Gasteiger partial charge in [-0.05, 0) is 0 Å². The maximum absolute atomic E-state index is 11.1. The van der Waals surface area contributed by atoms with Gasteiger partial charge >= 0.3 is 0 Å². The molecule has 1 amide bonds. The topological polar surface area (TPSA) is 198 Å². The first-order chi connectivity index (χ1) is 12.2. The molecule has 0 spiro atoms. The Bertz CT molecular complexity index is 478. The number of amides is 1. The van der Waals surface area contributed by atoms with E-state index in [1.54, 1.807) is 0 Å². The van der Waals surface area contributed by atoms with Gasteiger partial charge in [0.25, 0.3) is 0 Å². The number of ether oxygens (including phenoxy) is 3. The Morgan fingerprint density at radius 1 is 0.885 bits per heavy atom. The van der Waals surface area contributed by atoms with Gasteiger partial charge in [0.2, 0.25) is 5.91 Å². The second kappa shape index (κ2) is 8.84. The van der Waals surface area contributed by atoms with Crippen molar-refractivity contribution in [1.29, 1.82) is 0 Å². The highest BCUT2D eigenvalue weighted by Gasteiger charge is 2.47. The number of hydrogen-bond donors (Lipinski definition) is 8. The lowest BCUT2D eigenvalue weighted by Gasteiger charge is -2.42. The average Bonchev–Trinajstić information content (AvgIpc) is 2.60. The van der Waals surface area contributed by atoms with Crippen LogP contribution in [-0.4, -0.2) is 116 Å². The smallest absolute Gasteiger partial charge is 0.218 e. The monoisotopic (exact) mass is 383 g/mol. The van der Waals surface area contributed by atoms with Crippen LogP contribution in [0.4, 0.5) is 0 Å². The summed E-state index contributed by atoms with van der Waals surface area (Å²) < 4.78 is 15.7. The molecule has 2 aliphatic heterocycles. The van der Waals surface area contributed by atoms with Gasteiger partial charge in [0.05, 0.1) is 13.2 Å². The molecule has 2 heterocycles. The van der Waals surface area contributed by atoms with E-state index in [0.29, 0.717) is 0 Å². The van der Waals surface area contributed by atoms with E-state index in [1.165, 1.54) is 6.92 Å². The summed E-state index contributed by atoms with van der Waals surface area (Å²) in [6, 6.07) is 0. The summed E-state index contributed by atoms with van der Waals surface area (Å²) in [6.45, 7) is 0.0829. The zero-order valence-electron chi connectivity index (χ0n) is 14.0. The van der Waals surface area contributed by atoms with E-state index < -0.39 is 80.5 Å². The number of aliphatic hydroxyl groups excluding tert-OH is 7. The summed E-state index contributed by atoms with van der Waals surface area (Å²) in [5, 5.41) is 70.4. The molecule has 2 saturated heterocycles. The standard InChI is InChI=1S/C14H25NO11/c1-4(17)15-13-11(22)9(20)8(19)6(25-13)3-24-14-12(23)10(21)7(18)5(2-16)26-14/h5-14,16,18-23H,2-3H2,1H3,(H,15,17)/t5-,6-,7+,8-,9+,10+,11-,12-,13-,14-/m1/s1. The Balaban J connectivity index is 1.99. The van der Waals surface area contributed by atoms with Crippen molar-refractivity contribution in [2.45, 2.75) is 68.3 Å². The molecule has 26 heavy (non-hydrogen) atoms. The van der Waals surface area contributed by atoms with Crippen LogP contribution < -0.4 is 5.32 Å². The minimum Gasteiger partial charge on any atom is -0.394 e. The minimum absolute atomic E-state index is 0.455. The lowest BCUT2D eigenvalue weighted by Crippen LogP contribution is -2.64. The third-order valence-electron chi connectivity index (χ3n) is 4.33. The van der Waals surface area contributed by atoms with Crippen LogP contribution in [0, 0.1) is 0 Å². The number of nitrogens with one attached hydrogen (secondary N) is 1. The quantitative estimate of drug-likeness (QED) is 0.226. The van der Waals surface area contributed by atoms with Gasteiger partial charge in [-0.15, -0.1) is 0 Å². The second-order valence-corrected chi connectivity index (χ2v) is 6.30. The Morgan fingerprint density at radius 2 is 1.46 bits per heavy atom. The molecule has 0 aromatic carbocycles. The molecule has 0 aliphatic carbocycles. The lowest BCUT2D eigenvalue weighted by atomic mass is 9.98. The van der Waals surface area contributed by atoms with Crippen LogP contribution in [0.2, 0.25) is 0 Å². The third kappa shape index (κ3) is 4.48.